The molecule has 29 heavy (non-hydrogen) atoms. The predicted molar refractivity (Wildman–Crippen MR) is 104 cm³/mol. The van der Waals surface area contributed by atoms with E-state index < -0.39 is 0 Å². The summed E-state index contributed by atoms with van der Waals surface area (Å²) in [7, 11) is 0. The van der Waals surface area contributed by atoms with E-state index in [1.165, 1.54) is 12.7 Å². The topological polar surface area (TPSA) is 90.5 Å². The second-order valence-electron chi connectivity index (χ2n) is 9.15. The highest BCUT2D eigenvalue weighted by Gasteiger charge is 2.60. The molecule has 0 saturated heterocycles. The molecule has 4 fully saturated rings. The number of carbonyl (C=O) groups is 1. The summed E-state index contributed by atoms with van der Waals surface area (Å²) in [5, 5.41) is 20.3. The summed E-state index contributed by atoms with van der Waals surface area (Å²) < 4.78 is 1.77. The predicted octanol–water partition coefficient (Wildman–Crippen LogP) is 2.34. The van der Waals surface area contributed by atoms with Gasteiger partial charge in [-0.05, 0) is 79.8 Å². The molecule has 4 bridgehead atoms. The van der Waals surface area contributed by atoms with Crippen LogP contribution in [0.4, 0.5) is 0 Å². The Morgan fingerprint density at radius 1 is 1.10 bits per heavy atom. The molecule has 148 valence electrons. The SMILES string of the molecule is O=C(NC12CC3CC(C1)CC(n1ncnn1)(C3)C2)c1cccc(-n2cccn2)c1. The third-order valence-electron chi connectivity index (χ3n) is 7.06. The van der Waals surface area contributed by atoms with Crippen molar-refractivity contribution in [1.82, 2.24) is 35.3 Å². The van der Waals surface area contributed by atoms with Crippen LogP contribution < -0.4 is 5.32 Å². The van der Waals surface area contributed by atoms with Crippen molar-refractivity contribution < 1.29 is 4.79 Å². The van der Waals surface area contributed by atoms with Crippen molar-refractivity contribution in [2.75, 3.05) is 0 Å². The van der Waals surface area contributed by atoms with Crippen molar-refractivity contribution in [3.05, 3.63) is 54.6 Å². The molecular formula is C21H23N7O. The average molecular weight is 389 g/mol. The smallest absolute Gasteiger partial charge is 0.251 e. The molecule has 4 aliphatic carbocycles. The number of benzene rings is 1. The Kier molecular flexibility index (Phi) is 3.48. The number of rotatable bonds is 4. The Morgan fingerprint density at radius 3 is 2.69 bits per heavy atom. The summed E-state index contributed by atoms with van der Waals surface area (Å²) in [5.74, 6) is 1.21. The van der Waals surface area contributed by atoms with Gasteiger partial charge in [0.05, 0.1) is 11.2 Å². The number of hydrogen-bond acceptors (Lipinski definition) is 5. The largest absolute Gasteiger partial charge is 0.346 e. The molecule has 3 aromatic rings. The maximum atomic E-state index is 13.3. The zero-order valence-corrected chi connectivity index (χ0v) is 16.1. The molecule has 0 radical (unpaired) electrons. The van der Waals surface area contributed by atoms with Gasteiger partial charge in [0.2, 0.25) is 0 Å². The minimum Gasteiger partial charge on any atom is -0.346 e. The highest BCUT2D eigenvalue weighted by Crippen LogP contribution is 2.60. The minimum absolute atomic E-state index is 0.0114. The summed E-state index contributed by atoms with van der Waals surface area (Å²) >= 11 is 0. The van der Waals surface area contributed by atoms with Gasteiger partial charge >= 0.3 is 0 Å². The van der Waals surface area contributed by atoms with E-state index >= 15 is 0 Å². The lowest BCUT2D eigenvalue weighted by molar-refractivity contribution is -0.0810. The van der Waals surface area contributed by atoms with Crippen LogP contribution in [-0.2, 0) is 5.54 Å². The van der Waals surface area contributed by atoms with Gasteiger partial charge in [-0.3, -0.25) is 4.79 Å². The minimum atomic E-state index is -0.184. The Bertz CT molecular complexity index is 1030. The van der Waals surface area contributed by atoms with Gasteiger partial charge in [-0.1, -0.05) is 6.07 Å². The maximum absolute atomic E-state index is 13.3. The molecule has 0 spiro atoms. The fourth-order valence-corrected chi connectivity index (χ4v) is 6.50. The van der Waals surface area contributed by atoms with Crippen molar-refractivity contribution in [2.24, 2.45) is 11.8 Å². The van der Waals surface area contributed by atoms with E-state index in [9.17, 15) is 4.79 Å². The second-order valence-corrected chi connectivity index (χ2v) is 9.15. The van der Waals surface area contributed by atoms with Gasteiger partial charge in [0, 0.05) is 23.5 Å². The monoisotopic (exact) mass is 389 g/mol. The Hall–Kier alpha value is -3.03. The van der Waals surface area contributed by atoms with Gasteiger partial charge in [-0.25, -0.2) is 4.68 Å². The molecule has 4 saturated carbocycles. The van der Waals surface area contributed by atoms with Crippen LogP contribution in [-0.4, -0.2) is 41.4 Å². The van der Waals surface area contributed by atoms with Crippen LogP contribution in [0.5, 0.6) is 0 Å². The highest BCUT2D eigenvalue weighted by molar-refractivity contribution is 5.95. The summed E-state index contributed by atoms with van der Waals surface area (Å²) in [6.07, 6.45) is 11.5. The maximum Gasteiger partial charge on any atom is 0.251 e. The molecule has 8 nitrogen and oxygen atoms in total. The average Bonchev–Trinajstić information content (AvgIpc) is 3.41. The first-order chi connectivity index (χ1) is 14.1. The fraction of sp³-hybridized carbons (Fsp3) is 0.476. The number of nitrogens with one attached hydrogen (secondary N) is 1. The van der Waals surface area contributed by atoms with E-state index in [1.54, 1.807) is 10.9 Å². The molecule has 2 aromatic heterocycles. The van der Waals surface area contributed by atoms with Crippen LogP contribution in [0.15, 0.2) is 49.1 Å². The van der Waals surface area contributed by atoms with Gasteiger partial charge in [-0.2, -0.15) is 9.90 Å². The molecule has 0 aliphatic heterocycles. The molecule has 4 aliphatic rings. The van der Waals surface area contributed by atoms with Crippen LogP contribution in [0, 0.1) is 11.8 Å². The molecule has 8 heteroatoms. The Morgan fingerprint density at radius 2 is 1.97 bits per heavy atom. The lowest BCUT2D eigenvalue weighted by Crippen LogP contribution is -2.66. The molecule has 1 amide bonds. The van der Waals surface area contributed by atoms with E-state index in [2.05, 4.69) is 25.8 Å². The molecule has 2 unspecified atom stereocenters. The number of hydrogen-bond donors (Lipinski definition) is 1. The van der Waals surface area contributed by atoms with Gasteiger partial charge < -0.3 is 5.32 Å². The van der Waals surface area contributed by atoms with E-state index in [-0.39, 0.29) is 17.0 Å². The normalized spacial score (nSPS) is 32.4. The van der Waals surface area contributed by atoms with E-state index in [0.717, 1.165) is 37.8 Å². The summed E-state index contributed by atoms with van der Waals surface area (Å²) in [4.78, 5) is 15.1. The zero-order chi connectivity index (χ0) is 19.5. The first-order valence-corrected chi connectivity index (χ1v) is 10.3. The number of amides is 1. The number of aromatic nitrogens is 6. The molecular weight excluding hydrogens is 366 g/mol. The summed E-state index contributed by atoms with van der Waals surface area (Å²) in [5.41, 5.74) is 1.26. The fourth-order valence-electron chi connectivity index (χ4n) is 6.50. The summed E-state index contributed by atoms with van der Waals surface area (Å²) in [6, 6.07) is 9.52. The van der Waals surface area contributed by atoms with Crippen molar-refractivity contribution in [1.29, 1.82) is 0 Å². The lowest BCUT2D eigenvalue weighted by Gasteiger charge is -2.61. The third kappa shape index (κ3) is 2.69. The van der Waals surface area contributed by atoms with Gasteiger partial charge in [0.1, 0.15) is 0 Å². The van der Waals surface area contributed by atoms with Crippen molar-refractivity contribution in [3.63, 3.8) is 0 Å². The van der Waals surface area contributed by atoms with Crippen molar-refractivity contribution in [2.45, 2.75) is 49.6 Å². The van der Waals surface area contributed by atoms with Crippen LogP contribution in [0.3, 0.4) is 0 Å². The van der Waals surface area contributed by atoms with E-state index in [0.29, 0.717) is 17.4 Å². The standard InChI is InChI=1S/C21H23N7O/c29-19(17-3-1-4-18(8-17)27-6-2-5-23-27)25-20-9-15-7-16(10-20)12-21(11-15,13-20)28-24-14-22-26-28/h1-6,8,14-16H,7,9-13H2,(H,25,29). The first kappa shape index (κ1) is 16.9. The molecule has 2 heterocycles. The van der Waals surface area contributed by atoms with Crippen molar-refractivity contribution in [3.8, 4) is 5.69 Å². The van der Waals surface area contributed by atoms with Crippen molar-refractivity contribution >= 4 is 5.91 Å². The molecule has 1 N–H and O–H groups in total. The van der Waals surface area contributed by atoms with Crippen LogP contribution in [0.25, 0.3) is 5.69 Å². The third-order valence-corrected chi connectivity index (χ3v) is 7.06. The van der Waals surface area contributed by atoms with Gasteiger partial charge in [0.25, 0.3) is 5.91 Å². The number of carbonyl (C=O) groups excluding carboxylic acids is 1. The van der Waals surface area contributed by atoms with E-state index in [1.807, 2.05) is 41.3 Å². The second kappa shape index (κ2) is 5.98. The zero-order valence-electron chi connectivity index (χ0n) is 16.1. The molecule has 1 aromatic carbocycles. The quantitative estimate of drug-likeness (QED) is 0.740. The lowest BCUT2D eigenvalue weighted by atomic mass is 9.50. The Balaban J connectivity index is 1.29. The highest BCUT2D eigenvalue weighted by atomic mass is 16.1. The van der Waals surface area contributed by atoms with Crippen LogP contribution in [0.2, 0.25) is 0 Å². The van der Waals surface area contributed by atoms with Gasteiger partial charge in [-0.15, -0.1) is 10.2 Å². The van der Waals surface area contributed by atoms with Crippen LogP contribution in [0.1, 0.15) is 48.9 Å². The Labute approximate surface area is 168 Å². The van der Waals surface area contributed by atoms with Crippen LogP contribution >= 0.6 is 0 Å². The van der Waals surface area contributed by atoms with E-state index in [4.69, 9.17) is 0 Å². The summed E-state index contributed by atoms with van der Waals surface area (Å²) in [6.45, 7) is 0. The van der Waals surface area contributed by atoms with Gasteiger partial charge in [0.15, 0.2) is 6.33 Å². The molecule has 7 rings (SSSR count). The number of nitrogens with zero attached hydrogens (tertiary/aromatic N) is 6. The molecule has 2 atom stereocenters. The number of tetrazole rings is 1. The first-order valence-electron chi connectivity index (χ1n) is 10.3.